The number of hydrogen-bond donors (Lipinski definition) is 1. The lowest BCUT2D eigenvalue weighted by Crippen LogP contribution is -2.45. The van der Waals surface area contributed by atoms with E-state index in [-0.39, 0.29) is 11.3 Å². The molecular formula is C12H22N4O2S. The van der Waals surface area contributed by atoms with Gasteiger partial charge in [0.1, 0.15) is 0 Å². The van der Waals surface area contributed by atoms with Gasteiger partial charge in [-0.1, -0.05) is 12.8 Å². The predicted octanol–water partition coefficient (Wildman–Crippen LogP) is 0.743. The Morgan fingerprint density at radius 2 is 2.16 bits per heavy atom. The molecule has 108 valence electrons. The van der Waals surface area contributed by atoms with Crippen LogP contribution in [-0.4, -0.2) is 41.0 Å². The fraction of sp³-hybridized carbons (Fsp3) is 0.833. The molecule has 0 unspecified atom stereocenters. The van der Waals surface area contributed by atoms with Gasteiger partial charge in [-0.15, -0.1) is 0 Å². The minimum Gasteiger partial charge on any atom is -0.307 e. The second-order valence-electron chi connectivity index (χ2n) is 5.16. The highest BCUT2D eigenvalue weighted by molar-refractivity contribution is 7.91. The van der Waals surface area contributed by atoms with Crippen LogP contribution in [0, 0.1) is 0 Å². The molecule has 0 radical (unpaired) electrons. The van der Waals surface area contributed by atoms with E-state index in [4.69, 9.17) is 0 Å². The Balaban J connectivity index is 1.96. The van der Waals surface area contributed by atoms with E-state index in [9.17, 15) is 8.42 Å². The molecule has 2 rings (SSSR count). The summed E-state index contributed by atoms with van der Waals surface area (Å²) in [6.45, 7) is 3.31. The summed E-state index contributed by atoms with van der Waals surface area (Å²) in [5.74, 6) is 0. The fourth-order valence-corrected chi connectivity index (χ4v) is 4.07. The van der Waals surface area contributed by atoms with E-state index in [0.717, 1.165) is 37.9 Å². The minimum atomic E-state index is -2.98. The van der Waals surface area contributed by atoms with Gasteiger partial charge in [-0.05, 0) is 19.8 Å². The van der Waals surface area contributed by atoms with Crippen LogP contribution in [0.2, 0.25) is 0 Å². The van der Waals surface area contributed by atoms with Gasteiger partial charge in [0, 0.05) is 18.8 Å². The van der Waals surface area contributed by atoms with Crippen LogP contribution in [0.1, 0.15) is 38.3 Å². The van der Waals surface area contributed by atoms with Gasteiger partial charge >= 0.3 is 0 Å². The number of nitrogens with one attached hydrogen (secondary N) is 1. The third-order valence-electron chi connectivity index (χ3n) is 3.66. The summed E-state index contributed by atoms with van der Waals surface area (Å²) in [6.07, 6.45) is 6.84. The van der Waals surface area contributed by atoms with Crippen molar-refractivity contribution in [3.63, 3.8) is 0 Å². The van der Waals surface area contributed by atoms with Crippen LogP contribution in [0.3, 0.4) is 0 Å². The van der Waals surface area contributed by atoms with Crippen molar-refractivity contribution in [1.82, 2.24) is 20.3 Å². The van der Waals surface area contributed by atoms with Crippen molar-refractivity contribution in [1.29, 1.82) is 0 Å². The Morgan fingerprint density at radius 3 is 2.79 bits per heavy atom. The first-order valence-corrected chi connectivity index (χ1v) is 8.77. The number of sulfone groups is 1. The molecule has 0 aromatic carbocycles. The third-order valence-corrected chi connectivity index (χ3v) is 5.33. The van der Waals surface area contributed by atoms with Gasteiger partial charge in [-0.25, -0.2) is 8.42 Å². The summed E-state index contributed by atoms with van der Waals surface area (Å²) in [5.41, 5.74) is 0.861. The van der Waals surface area contributed by atoms with Crippen LogP contribution in [-0.2, 0) is 22.9 Å². The van der Waals surface area contributed by atoms with Crippen molar-refractivity contribution in [3.05, 3.63) is 11.9 Å². The molecule has 1 aliphatic rings. The lowest BCUT2D eigenvalue weighted by Gasteiger charge is -2.30. The van der Waals surface area contributed by atoms with E-state index >= 15 is 0 Å². The molecule has 1 aliphatic carbocycles. The van der Waals surface area contributed by atoms with Crippen molar-refractivity contribution in [2.45, 2.75) is 57.0 Å². The monoisotopic (exact) mass is 286 g/mol. The molecule has 6 nitrogen and oxygen atoms in total. The van der Waals surface area contributed by atoms with E-state index in [1.807, 2.05) is 6.92 Å². The molecule has 1 fully saturated rings. The standard InChI is InChI=1S/C12H22N4O2S/c1-3-16-14-9-10(15-16)8-13-11-6-4-5-7-12(11)19(2,17)18/h9,11-13H,3-8H2,1-2H3/t11-,12-/m1/s1. The average molecular weight is 286 g/mol. The zero-order valence-corrected chi connectivity index (χ0v) is 12.4. The van der Waals surface area contributed by atoms with Crippen molar-refractivity contribution in [3.8, 4) is 0 Å². The van der Waals surface area contributed by atoms with Crippen LogP contribution in [0.5, 0.6) is 0 Å². The SMILES string of the molecule is CCn1ncc(CN[C@@H]2CCCC[C@H]2S(C)(=O)=O)n1. The second-order valence-corrected chi connectivity index (χ2v) is 7.43. The van der Waals surface area contributed by atoms with Crippen LogP contribution in [0.4, 0.5) is 0 Å². The Morgan fingerprint density at radius 1 is 1.42 bits per heavy atom. The van der Waals surface area contributed by atoms with Gasteiger partial charge in [0.25, 0.3) is 0 Å². The molecule has 0 bridgehead atoms. The Kier molecular flexibility index (Phi) is 4.57. The van der Waals surface area contributed by atoms with Gasteiger partial charge < -0.3 is 5.32 Å². The predicted molar refractivity (Wildman–Crippen MR) is 73.4 cm³/mol. The van der Waals surface area contributed by atoms with Gasteiger partial charge in [0.15, 0.2) is 9.84 Å². The number of nitrogens with zero attached hydrogens (tertiary/aromatic N) is 3. The molecule has 1 heterocycles. The topological polar surface area (TPSA) is 76.9 Å². The van der Waals surface area contributed by atoms with Crippen LogP contribution < -0.4 is 5.32 Å². The summed E-state index contributed by atoms with van der Waals surface area (Å²) in [7, 11) is -2.98. The maximum atomic E-state index is 11.8. The third kappa shape index (κ3) is 3.76. The van der Waals surface area contributed by atoms with E-state index < -0.39 is 9.84 Å². The second kappa shape index (κ2) is 6.00. The summed E-state index contributed by atoms with van der Waals surface area (Å²) in [4.78, 5) is 1.63. The lowest BCUT2D eigenvalue weighted by molar-refractivity contribution is 0.368. The summed E-state index contributed by atoms with van der Waals surface area (Å²) < 4.78 is 23.6. The molecule has 1 saturated carbocycles. The molecule has 7 heteroatoms. The number of aromatic nitrogens is 3. The van der Waals surface area contributed by atoms with Crippen molar-refractivity contribution >= 4 is 9.84 Å². The number of rotatable bonds is 5. The molecule has 0 aliphatic heterocycles. The first kappa shape index (κ1) is 14.5. The fourth-order valence-electron chi connectivity index (χ4n) is 2.65. The molecule has 0 amide bonds. The molecule has 2 atom stereocenters. The molecular weight excluding hydrogens is 264 g/mol. The normalized spacial score (nSPS) is 24.5. The Labute approximate surface area is 114 Å². The number of hydrogen-bond acceptors (Lipinski definition) is 5. The Hall–Kier alpha value is -0.950. The summed E-state index contributed by atoms with van der Waals surface area (Å²) >= 11 is 0. The average Bonchev–Trinajstić information content (AvgIpc) is 2.83. The highest BCUT2D eigenvalue weighted by Crippen LogP contribution is 2.24. The van der Waals surface area contributed by atoms with Gasteiger partial charge in [0.2, 0.25) is 0 Å². The molecule has 0 spiro atoms. The highest BCUT2D eigenvalue weighted by atomic mass is 32.2. The van der Waals surface area contributed by atoms with E-state index in [1.165, 1.54) is 6.26 Å². The molecule has 19 heavy (non-hydrogen) atoms. The minimum absolute atomic E-state index is 0.0375. The van der Waals surface area contributed by atoms with Crippen molar-refractivity contribution in [2.75, 3.05) is 6.26 Å². The van der Waals surface area contributed by atoms with Crippen LogP contribution in [0.25, 0.3) is 0 Å². The maximum absolute atomic E-state index is 11.8. The van der Waals surface area contributed by atoms with Gasteiger partial charge in [-0.2, -0.15) is 15.0 Å². The summed E-state index contributed by atoms with van der Waals surface area (Å²) in [6, 6.07) is 0.0375. The maximum Gasteiger partial charge on any atom is 0.151 e. The molecule has 1 aromatic heterocycles. The van der Waals surface area contributed by atoms with Crippen molar-refractivity contribution < 1.29 is 8.42 Å². The van der Waals surface area contributed by atoms with Gasteiger partial charge in [0.05, 0.1) is 23.7 Å². The zero-order valence-electron chi connectivity index (χ0n) is 11.5. The van der Waals surface area contributed by atoms with Crippen LogP contribution >= 0.6 is 0 Å². The molecule has 0 saturated heterocycles. The zero-order chi connectivity index (χ0) is 13.9. The summed E-state index contributed by atoms with van der Waals surface area (Å²) in [5, 5.41) is 11.5. The molecule has 1 N–H and O–H groups in total. The first-order chi connectivity index (χ1) is 9.00. The first-order valence-electron chi connectivity index (χ1n) is 6.82. The van der Waals surface area contributed by atoms with Gasteiger partial charge in [-0.3, -0.25) is 0 Å². The smallest absolute Gasteiger partial charge is 0.151 e. The quantitative estimate of drug-likeness (QED) is 0.864. The van der Waals surface area contributed by atoms with E-state index in [0.29, 0.717) is 6.54 Å². The van der Waals surface area contributed by atoms with E-state index in [1.54, 1.807) is 11.0 Å². The largest absolute Gasteiger partial charge is 0.307 e. The van der Waals surface area contributed by atoms with E-state index in [2.05, 4.69) is 15.5 Å². The van der Waals surface area contributed by atoms with Crippen molar-refractivity contribution in [2.24, 2.45) is 0 Å². The Bertz CT molecular complexity index is 512. The highest BCUT2D eigenvalue weighted by Gasteiger charge is 2.32. The number of aryl methyl sites for hydroxylation is 1. The molecule has 1 aromatic rings. The lowest BCUT2D eigenvalue weighted by atomic mass is 9.95. The van der Waals surface area contributed by atoms with Crippen LogP contribution in [0.15, 0.2) is 6.20 Å².